The maximum absolute atomic E-state index is 12.4. The summed E-state index contributed by atoms with van der Waals surface area (Å²) in [4.78, 5) is 25.1. The molecule has 0 aliphatic rings. The van der Waals surface area contributed by atoms with E-state index >= 15 is 0 Å². The van der Waals surface area contributed by atoms with E-state index in [1.54, 1.807) is 49.6 Å². The Kier molecular flexibility index (Phi) is 6.00. The number of hydrogen-bond donors (Lipinski definition) is 1. The molecule has 0 saturated heterocycles. The molecule has 3 aromatic rings. The molecule has 0 unspecified atom stereocenters. The number of anilines is 1. The van der Waals surface area contributed by atoms with Gasteiger partial charge in [0.25, 0.3) is 5.91 Å². The first kappa shape index (κ1) is 19.5. The summed E-state index contributed by atoms with van der Waals surface area (Å²) < 4.78 is 21.0. The Balaban J connectivity index is 1.63. The van der Waals surface area contributed by atoms with Gasteiger partial charge in [0.1, 0.15) is 28.9 Å². The maximum atomic E-state index is 12.4. The second-order valence-electron chi connectivity index (χ2n) is 5.78. The van der Waals surface area contributed by atoms with Gasteiger partial charge in [0, 0.05) is 4.88 Å². The fraction of sp³-hybridized carbons (Fsp3) is 0.200. The number of amides is 1. The SMILES string of the molecule is COC(=O)c1cc(C)sc1NC(=O)c1ccc(COc2ccc(OC)cc2)o1. The first-order valence-corrected chi connectivity index (χ1v) is 9.17. The fourth-order valence-corrected chi connectivity index (χ4v) is 3.33. The molecule has 0 spiro atoms. The molecular weight excluding hydrogens is 382 g/mol. The van der Waals surface area contributed by atoms with Crippen molar-refractivity contribution < 1.29 is 28.2 Å². The summed E-state index contributed by atoms with van der Waals surface area (Å²) in [5, 5.41) is 3.11. The lowest BCUT2D eigenvalue weighted by molar-refractivity contribution is 0.0602. The summed E-state index contributed by atoms with van der Waals surface area (Å²) in [6, 6.07) is 12.0. The normalized spacial score (nSPS) is 10.4. The number of methoxy groups -OCH3 is 2. The standard InChI is InChI=1S/C20H19NO6S/c1-12-10-16(20(23)25-3)19(28-12)21-18(22)17-9-8-15(27-17)11-26-14-6-4-13(24-2)5-7-14/h4-10H,11H2,1-3H3,(H,21,22). The van der Waals surface area contributed by atoms with E-state index in [9.17, 15) is 9.59 Å². The predicted molar refractivity (Wildman–Crippen MR) is 104 cm³/mol. The van der Waals surface area contributed by atoms with Crippen molar-refractivity contribution in [1.82, 2.24) is 0 Å². The van der Waals surface area contributed by atoms with Gasteiger partial charge in [-0.05, 0) is 49.4 Å². The number of rotatable bonds is 7. The summed E-state index contributed by atoms with van der Waals surface area (Å²) >= 11 is 1.29. The average molecular weight is 401 g/mol. The molecule has 8 heteroatoms. The van der Waals surface area contributed by atoms with Gasteiger partial charge in [0.05, 0.1) is 19.8 Å². The smallest absolute Gasteiger partial charge is 0.340 e. The molecule has 0 aliphatic heterocycles. The van der Waals surface area contributed by atoms with E-state index in [0.717, 1.165) is 10.6 Å². The topological polar surface area (TPSA) is 87.0 Å². The zero-order chi connectivity index (χ0) is 20.1. The highest BCUT2D eigenvalue weighted by Crippen LogP contribution is 2.29. The van der Waals surface area contributed by atoms with Crippen molar-refractivity contribution in [3.05, 3.63) is 64.4 Å². The Morgan fingerprint density at radius 1 is 1.07 bits per heavy atom. The van der Waals surface area contributed by atoms with E-state index in [1.165, 1.54) is 18.4 Å². The minimum absolute atomic E-state index is 0.121. The molecule has 0 fully saturated rings. The van der Waals surface area contributed by atoms with Crippen molar-refractivity contribution in [3.63, 3.8) is 0 Å². The number of hydrogen-bond acceptors (Lipinski definition) is 7. The molecule has 0 atom stereocenters. The monoisotopic (exact) mass is 401 g/mol. The average Bonchev–Trinajstić information content (AvgIpc) is 3.32. The van der Waals surface area contributed by atoms with Crippen LogP contribution in [0.3, 0.4) is 0 Å². The molecule has 1 amide bonds. The second kappa shape index (κ2) is 8.62. The molecule has 0 saturated carbocycles. The lowest BCUT2D eigenvalue weighted by Crippen LogP contribution is -2.13. The van der Waals surface area contributed by atoms with Crippen LogP contribution in [0.25, 0.3) is 0 Å². The minimum Gasteiger partial charge on any atom is -0.497 e. The lowest BCUT2D eigenvalue weighted by atomic mass is 10.3. The van der Waals surface area contributed by atoms with E-state index in [0.29, 0.717) is 22.1 Å². The zero-order valence-electron chi connectivity index (χ0n) is 15.6. The van der Waals surface area contributed by atoms with Crippen LogP contribution >= 0.6 is 11.3 Å². The van der Waals surface area contributed by atoms with Crippen LogP contribution in [-0.4, -0.2) is 26.1 Å². The molecule has 2 aromatic heterocycles. The number of nitrogens with one attached hydrogen (secondary N) is 1. The van der Waals surface area contributed by atoms with Crippen LogP contribution in [0.15, 0.2) is 46.9 Å². The molecule has 28 heavy (non-hydrogen) atoms. The number of thiophene rings is 1. The van der Waals surface area contributed by atoms with Gasteiger partial charge < -0.3 is 23.9 Å². The molecule has 0 bridgehead atoms. The molecule has 3 rings (SSSR count). The van der Waals surface area contributed by atoms with Crippen molar-refractivity contribution >= 4 is 28.2 Å². The van der Waals surface area contributed by atoms with Crippen molar-refractivity contribution in [1.29, 1.82) is 0 Å². The molecule has 0 aliphatic carbocycles. The van der Waals surface area contributed by atoms with Crippen LogP contribution in [0.4, 0.5) is 5.00 Å². The third-order valence-electron chi connectivity index (χ3n) is 3.81. The molecule has 146 valence electrons. The molecular formula is C20H19NO6S. The van der Waals surface area contributed by atoms with Crippen molar-refractivity contribution in [2.45, 2.75) is 13.5 Å². The van der Waals surface area contributed by atoms with Gasteiger partial charge in [-0.1, -0.05) is 0 Å². The van der Waals surface area contributed by atoms with Crippen molar-refractivity contribution in [2.75, 3.05) is 19.5 Å². The predicted octanol–water partition coefficient (Wildman–Crippen LogP) is 4.28. The number of aryl methyl sites for hydroxylation is 1. The van der Waals surface area contributed by atoms with Gasteiger partial charge in [-0.3, -0.25) is 4.79 Å². The number of carbonyl (C=O) groups excluding carboxylic acids is 2. The van der Waals surface area contributed by atoms with E-state index in [4.69, 9.17) is 18.6 Å². The molecule has 1 aromatic carbocycles. The van der Waals surface area contributed by atoms with Gasteiger partial charge in [-0.15, -0.1) is 11.3 Å². The third-order valence-corrected chi connectivity index (χ3v) is 4.78. The molecule has 7 nitrogen and oxygen atoms in total. The van der Waals surface area contributed by atoms with E-state index in [2.05, 4.69) is 5.32 Å². The molecule has 1 N–H and O–H groups in total. The van der Waals surface area contributed by atoms with Crippen molar-refractivity contribution in [2.24, 2.45) is 0 Å². The first-order valence-electron chi connectivity index (χ1n) is 8.36. The van der Waals surface area contributed by atoms with Crippen molar-refractivity contribution in [3.8, 4) is 11.5 Å². The number of ether oxygens (including phenoxy) is 3. The molecule has 0 radical (unpaired) electrons. The Morgan fingerprint density at radius 2 is 1.79 bits per heavy atom. The summed E-state index contributed by atoms with van der Waals surface area (Å²) in [6.45, 7) is 2.01. The summed E-state index contributed by atoms with van der Waals surface area (Å²) in [5.74, 6) is 1.04. The highest BCUT2D eigenvalue weighted by atomic mass is 32.1. The van der Waals surface area contributed by atoms with Gasteiger partial charge in [-0.25, -0.2) is 4.79 Å². The van der Waals surface area contributed by atoms with Crippen LogP contribution in [0, 0.1) is 6.92 Å². The Labute approximate surface area is 165 Å². The van der Waals surface area contributed by atoms with Crippen LogP contribution in [0.1, 0.15) is 31.6 Å². The van der Waals surface area contributed by atoms with Crippen LogP contribution in [0.2, 0.25) is 0 Å². The van der Waals surface area contributed by atoms with E-state index < -0.39 is 11.9 Å². The van der Waals surface area contributed by atoms with Gasteiger partial charge in [0.15, 0.2) is 5.76 Å². The molecule has 2 heterocycles. The van der Waals surface area contributed by atoms with Gasteiger partial charge >= 0.3 is 5.97 Å². The quantitative estimate of drug-likeness (QED) is 0.595. The highest BCUT2D eigenvalue weighted by Gasteiger charge is 2.19. The number of benzene rings is 1. The Bertz CT molecular complexity index is 973. The Morgan fingerprint density at radius 3 is 2.46 bits per heavy atom. The Hall–Kier alpha value is -3.26. The number of carbonyl (C=O) groups is 2. The fourth-order valence-electron chi connectivity index (χ4n) is 2.44. The van der Waals surface area contributed by atoms with Crippen LogP contribution in [0.5, 0.6) is 11.5 Å². The third kappa shape index (κ3) is 4.52. The zero-order valence-corrected chi connectivity index (χ0v) is 16.4. The van der Waals surface area contributed by atoms with Gasteiger partial charge in [-0.2, -0.15) is 0 Å². The van der Waals surface area contributed by atoms with Gasteiger partial charge in [0.2, 0.25) is 0 Å². The van der Waals surface area contributed by atoms with Crippen LogP contribution in [-0.2, 0) is 11.3 Å². The summed E-state index contributed by atoms with van der Waals surface area (Å²) in [6.07, 6.45) is 0. The largest absolute Gasteiger partial charge is 0.497 e. The van der Waals surface area contributed by atoms with Crippen LogP contribution < -0.4 is 14.8 Å². The second-order valence-corrected chi connectivity index (χ2v) is 7.03. The summed E-state index contributed by atoms with van der Waals surface area (Å²) in [5.41, 5.74) is 0.313. The number of furan rings is 1. The first-order chi connectivity index (χ1) is 13.5. The number of esters is 1. The highest BCUT2D eigenvalue weighted by molar-refractivity contribution is 7.16. The maximum Gasteiger partial charge on any atom is 0.340 e. The van der Waals surface area contributed by atoms with E-state index in [-0.39, 0.29) is 12.4 Å². The minimum atomic E-state index is -0.507. The summed E-state index contributed by atoms with van der Waals surface area (Å²) in [7, 11) is 2.89. The lowest BCUT2D eigenvalue weighted by Gasteiger charge is -2.05. The van der Waals surface area contributed by atoms with E-state index in [1.807, 2.05) is 6.92 Å².